The van der Waals surface area contributed by atoms with E-state index in [4.69, 9.17) is 74.4 Å². The quantitative estimate of drug-likeness (QED) is 0.394. The van der Waals surface area contributed by atoms with Crippen LogP contribution in [0.2, 0.25) is 0 Å². The lowest BCUT2D eigenvalue weighted by molar-refractivity contribution is -0.186. The molecular formula is C12H7Cl6NO3. The van der Waals surface area contributed by atoms with Crippen molar-refractivity contribution in [2.45, 2.75) is 14.1 Å². The summed E-state index contributed by atoms with van der Waals surface area (Å²) in [5.74, 6) is -3.78. The second-order valence-electron chi connectivity index (χ2n) is 5.14. The number of alkyl halides is 4. The summed E-state index contributed by atoms with van der Waals surface area (Å²) in [6, 6.07) is 0. The number of rotatable bonds is 3. The van der Waals surface area contributed by atoms with Crippen molar-refractivity contribution in [2.75, 3.05) is 6.61 Å². The summed E-state index contributed by atoms with van der Waals surface area (Å²) in [4.78, 5) is 26.5. The van der Waals surface area contributed by atoms with Crippen molar-refractivity contribution in [3.8, 4) is 0 Å². The molecule has 2 bridgehead atoms. The summed E-state index contributed by atoms with van der Waals surface area (Å²) in [7, 11) is 0. The average Bonchev–Trinajstić information content (AvgIpc) is 2.83. The van der Waals surface area contributed by atoms with Gasteiger partial charge in [0.1, 0.15) is 9.75 Å². The van der Waals surface area contributed by atoms with Crippen LogP contribution in [-0.4, -0.2) is 37.6 Å². The highest BCUT2D eigenvalue weighted by Crippen LogP contribution is 2.77. The molecule has 1 saturated heterocycles. The standard InChI is InChI=1S/C12H7Cl6NO3/c1-2-3-22-19-8(20)4-5(9(19)21)11(16)7(14)6(13)10(4,15)12(11,17)18/h2,4-5H,1,3H2/t4-,5-,10+,11+/m1/s1. The number of hydroxylamine groups is 2. The lowest BCUT2D eigenvalue weighted by Crippen LogP contribution is -2.50. The van der Waals surface area contributed by atoms with Crippen LogP contribution < -0.4 is 0 Å². The van der Waals surface area contributed by atoms with Crippen LogP contribution in [0, 0.1) is 11.8 Å². The first kappa shape index (κ1) is 17.2. The van der Waals surface area contributed by atoms with Crippen LogP contribution >= 0.6 is 69.6 Å². The van der Waals surface area contributed by atoms with E-state index in [2.05, 4.69) is 6.58 Å². The second kappa shape index (κ2) is 4.92. The molecule has 0 aromatic rings. The van der Waals surface area contributed by atoms with Crippen LogP contribution in [0.25, 0.3) is 0 Å². The van der Waals surface area contributed by atoms with Crippen molar-refractivity contribution >= 4 is 81.4 Å². The third-order valence-electron chi connectivity index (χ3n) is 4.19. The van der Waals surface area contributed by atoms with E-state index >= 15 is 0 Å². The molecule has 4 atom stereocenters. The minimum atomic E-state index is -1.93. The Morgan fingerprint density at radius 3 is 1.82 bits per heavy atom. The van der Waals surface area contributed by atoms with Gasteiger partial charge >= 0.3 is 0 Å². The highest BCUT2D eigenvalue weighted by Gasteiger charge is 2.87. The number of amides is 2. The first-order valence-corrected chi connectivity index (χ1v) is 8.28. The molecule has 120 valence electrons. The molecule has 2 amide bonds. The Hall–Kier alpha value is 0.320. The maximum Gasteiger partial charge on any atom is 0.259 e. The molecule has 1 aliphatic heterocycles. The molecular weight excluding hydrogens is 419 g/mol. The van der Waals surface area contributed by atoms with Gasteiger partial charge in [-0.3, -0.25) is 14.4 Å². The van der Waals surface area contributed by atoms with Crippen LogP contribution in [0.15, 0.2) is 22.7 Å². The van der Waals surface area contributed by atoms with Gasteiger partial charge in [0.15, 0.2) is 4.33 Å². The van der Waals surface area contributed by atoms with Crippen molar-refractivity contribution in [2.24, 2.45) is 11.8 Å². The van der Waals surface area contributed by atoms with Gasteiger partial charge in [0, 0.05) is 0 Å². The van der Waals surface area contributed by atoms with Gasteiger partial charge in [-0.15, -0.1) is 29.8 Å². The molecule has 0 unspecified atom stereocenters. The maximum atomic E-state index is 12.5. The smallest absolute Gasteiger partial charge is 0.259 e. The zero-order valence-corrected chi connectivity index (χ0v) is 15.1. The summed E-state index contributed by atoms with van der Waals surface area (Å²) >= 11 is 37.8. The molecule has 3 aliphatic rings. The SMILES string of the molecule is C=CCON1C(=O)[C@H]2[C@H](C1=O)[C@]1(Cl)C(Cl)=C(Cl)[C@]2(Cl)C1(Cl)Cl. The molecule has 10 heteroatoms. The Balaban J connectivity index is 2.17. The van der Waals surface area contributed by atoms with Crippen molar-refractivity contribution in [1.29, 1.82) is 0 Å². The third-order valence-corrected chi connectivity index (χ3v) is 8.45. The average molecular weight is 426 g/mol. The zero-order valence-electron chi connectivity index (χ0n) is 10.6. The van der Waals surface area contributed by atoms with Gasteiger partial charge in [0.25, 0.3) is 11.8 Å². The van der Waals surface area contributed by atoms with E-state index in [9.17, 15) is 9.59 Å². The van der Waals surface area contributed by atoms with Crippen LogP contribution in [-0.2, 0) is 14.4 Å². The molecule has 0 aromatic heterocycles. The van der Waals surface area contributed by atoms with Gasteiger partial charge in [0.05, 0.1) is 28.5 Å². The number of imide groups is 1. The Kier molecular flexibility index (Phi) is 3.83. The Bertz CT molecular complexity index is 603. The molecule has 2 fully saturated rings. The number of hydrogen-bond donors (Lipinski definition) is 0. The van der Waals surface area contributed by atoms with Crippen LogP contribution in [0.3, 0.4) is 0 Å². The van der Waals surface area contributed by atoms with E-state index in [1.54, 1.807) is 0 Å². The molecule has 22 heavy (non-hydrogen) atoms. The van der Waals surface area contributed by atoms with Crippen LogP contribution in [0.1, 0.15) is 0 Å². The minimum Gasteiger partial charge on any atom is -0.272 e. The number of hydrogen-bond acceptors (Lipinski definition) is 3. The molecule has 3 rings (SSSR count). The van der Waals surface area contributed by atoms with Gasteiger partial charge in [-0.05, 0) is 0 Å². The summed E-state index contributed by atoms with van der Waals surface area (Å²) in [6.07, 6.45) is 1.38. The van der Waals surface area contributed by atoms with Gasteiger partial charge in [-0.25, -0.2) is 0 Å². The number of fused-ring (bicyclic) bond motifs is 5. The van der Waals surface area contributed by atoms with Crippen molar-refractivity contribution in [1.82, 2.24) is 5.06 Å². The molecule has 1 saturated carbocycles. The number of allylic oxidation sites excluding steroid dienone is 2. The van der Waals surface area contributed by atoms with Gasteiger partial charge in [0.2, 0.25) is 0 Å². The van der Waals surface area contributed by atoms with Crippen LogP contribution in [0.5, 0.6) is 0 Å². The predicted molar refractivity (Wildman–Crippen MR) is 85.3 cm³/mol. The monoisotopic (exact) mass is 423 g/mol. The maximum absolute atomic E-state index is 12.5. The third kappa shape index (κ3) is 1.53. The van der Waals surface area contributed by atoms with Crippen molar-refractivity contribution in [3.63, 3.8) is 0 Å². The number of carbonyl (C=O) groups excluding carboxylic acids is 2. The number of nitrogens with zero attached hydrogens (tertiary/aromatic N) is 1. The lowest BCUT2D eigenvalue weighted by Gasteiger charge is -2.34. The number of carbonyl (C=O) groups is 2. The summed E-state index contributed by atoms with van der Waals surface area (Å²) < 4.78 is -1.93. The Morgan fingerprint density at radius 2 is 1.45 bits per heavy atom. The highest BCUT2D eigenvalue weighted by molar-refractivity contribution is 6.66. The zero-order chi connectivity index (χ0) is 16.7. The molecule has 0 spiro atoms. The molecule has 4 nitrogen and oxygen atoms in total. The lowest BCUT2D eigenvalue weighted by atomic mass is 9.84. The topological polar surface area (TPSA) is 46.6 Å². The van der Waals surface area contributed by atoms with Crippen LogP contribution in [0.4, 0.5) is 0 Å². The van der Waals surface area contributed by atoms with E-state index in [1.165, 1.54) is 6.08 Å². The van der Waals surface area contributed by atoms with E-state index in [1.807, 2.05) is 0 Å². The van der Waals surface area contributed by atoms with Gasteiger partial charge in [-0.1, -0.05) is 52.5 Å². The molecule has 0 N–H and O–H groups in total. The molecule has 2 aliphatic carbocycles. The fourth-order valence-electron chi connectivity index (χ4n) is 3.22. The summed E-state index contributed by atoms with van der Waals surface area (Å²) in [6.45, 7) is 3.39. The summed E-state index contributed by atoms with van der Waals surface area (Å²) in [5, 5.41) is 0.320. The first-order chi connectivity index (χ1) is 10.1. The highest BCUT2D eigenvalue weighted by atomic mass is 35.5. The fourth-order valence-corrected chi connectivity index (χ4v) is 6.15. The van der Waals surface area contributed by atoms with Crippen molar-refractivity contribution < 1.29 is 14.4 Å². The number of halogens is 6. The van der Waals surface area contributed by atoms with E-state index < -0.39 is 37.7 Å². The minimum absolute atomic E-state index is 0.0523. The van der Waals surface area contributed by atoms with Gasteiger partial charge < -0.3 is 0 Å². The first-order valence-electron chi connectivity index (χ1n) is 6.02. The second-order valence-corrected chi connectivity index (χ2v) is 8.41. The molecule has 1 heterocycles. The van der Waals surface area contributed by atoms with E-state index in [0.717, 1.165) is 0 Å². The summed E-state index contributed by atoms with van der Waals surface area (Å²) in [5.41, 5.74) is 0. The normalized spacial score (nSPS) is 42.4. The van der Waals surface area contributed by atoms with Gasteiger partial charge in [-0.2, -0.15) is 5.06 Å². The fraction of sp³-hybridized carbons (Fsp3) is 0.500. The van der Waals surface area contributed by atoms with E-state index in [-0.39, 0.29) is 16.7 Å². The largest absolute Gasteiger partial charge is 0.272 e. The molecule has 0 radical (unpaired) electrons. The van der Waals surface area contributed by atoms with E-state index in [0.29, 0.717) is 5.06 Å². The predicted octanol–water partition coefficient (Wildman–Crippen LogP) is 3.55. The van der Waals surface area contributed by atoms with Crippen molar-refractivity contribution in [3.05, 3.63) is 22.7 Å². The Labute approximate surface area is 155 Å². The molecule has 0 aromatic carbocycles. The Morgan fingerprint density at radius 1 is 1.05 bits per heavy atom.